The number of aliphatic hydroxyl groups excluding tert-OH is 1. The molecule has 0 spiro atoms. The molecule has 0 aliphatic rings. The van der Waals surface area contributed by atoms with Crippen LogP contribution in [-0.4, -0.2) is 57.4 Å². The fourth-order valence-corrected chi connectivity index (χ4v) is 4.06. The molecular formula is C28H32ClFN6O4. The Balaban J connectivity index is 1.38. The van der Waals surface area contributed by atoms with E-state index in [9.17, 15) is 4.39 Å². The molecule has 0 aliphatic heterocycles. The Labute approximate surface area is 236 Å². The minimum atomic E-state index is -0.487. The van der Waals surface area contributed by atoms with Crippen LogP contribution in [0.4, 0.5) is 15.9 Å². The monoisotopic (exact) mass is 570 g/mol. The number of aromatic nitrogens is 4. The molecule has 2 heterocycles. The molecule has 10 nitrogen and oxygen atoms in total. The van der Waals surface area contributed by atoms with Gasteiger partial charge >= 0.3 is 6.01 Å². The smallest absolute Gasteiger partial charge is 0.316 e. The summed E-state index contributed by atoms with van der Waals surface area (Å²) >= 11 is 5.81. The molecule has 0 fully saturated rings. The molecule has 0 bridgehead atoms. The van der Waals surface area contributed by atoms with E-state index in [2.05, 4.69) is 44.4 Å². The molecule has 0 unspecified atom stereocenters. The molecule has 4 aromatic rings. The third-order valence-corrected chi connectivity index (χ3v) is 6.37. The van der Waals surface area contributed by atoms with Crippen LogP contribution >= 0.6 is 11.6 Å². The fraction of sp³-hybridized carbons (Fsp3) is 0.357. The Morgan fingerprint density at radius 1 is 1.02 bits per heavy atom. The van der Waals surface area contributed by atoms with E-state index in [0.29, 0.717) is 47.1 Å². The van der Waals surface area contributed by atoms with Gasteiger partial charge in [0.15, 0.2) is 11.5 Å². The Hall–Kier alpha value is -3.80. The average Bonchev–Trinajstić information content (AvgIpc) is 2.94. The second kappa shape index (κ2) is 13.5. The number of hydrogen-bond acceptors (Lipinski definition) is 10. The van der Waals surface area contributed by atoms with Gasteiger partial charge in [-0.15, -0.1) is 0 Å². The number of hydrogen-bond donors (Lipinski definition) is 3. The summed E-state index contributed by atoms with van der Waals surface area (Å²) in [5.74, 6) is 1.20. The van der Waals surface area contributed by atoms with Crippen LogP contribution in [-0.2, 0) is 6.61 Å². The number of nitrogens with zero attached hydrogens (tertiary/aromatic N) is 4. The van der Waals surface area contributed by atoms with Crippen molar-refractivity contribution in [3.8, 4) is 17.5 Å². The Morgan fingerprint density at radius 2 is 1.82 bits per heavy atom. The Morgan fingerprint density at radius 3 is 2.55 bits per heavy atom. The van der Waals surface area contributed by atoms with Gasteiger partial charge in [0.05, 0.1) is 42.3 Å². The SMILES string of the molecule is COc1cc2c(Nc3cnc(OCc4ccc(F)c(Cl)c4)nc3)ncnc2cc1OCCCNC(C)(C)CCO. The Bertz CT molecular complexity index is 1420. The first kappa shape index (κ1) is 29.2. The molecule has 2 aromatic carbocycles. The quantitative estimate of drug-likeness (QED) is 0.177. The lowest BCUT2D eigenvalue weighted by Crippen LogP contribution is -2.40. The molecule has 4 rings (SSSR count). The maximum atomic E-state index is 13.3. The van der Waals surface area contributed by atoms with Crippen LogP contribution in [0.5, 0.6) is 17.5 Å². The molecule has 40 heavy (non-hydrogen) atoms. The highest BCUT2D eigenvalue weighted by Crippen LogP contribution is 2.34. The highest BCUT2D eigenvalue weighted by atomic mass is 35.5. The molecule has 12 heteroatoms. The lowest BCUT2D eigenvalue weighted by molar-refractivity contribution is 0.225. The van der Waals surface area contributed by atoms with E-state index < -0.39 is 5.82 Å². The third-order valence-electron chi connectivity index (χ3n) is 6.08. The lowest BCUT2D eigenvalue weighted by Gasteiger charge is -2.25. The largest absolute Gasteiger partial charge is 0.493 e. The summed E-state index contributed by atoms with van der Waals surface area (Å²) in [6.45, 7) is 5.65. The zero-order chi connectivity index (χ0) is 28.5. The zero-order valence-electron chi connectivity index (χ0n) is 22.6. The number of benzene rings is 2. The fourth-order valence-electron chi connectivity index (χ4n) is 3.85. The lowest BCUT2D eigenvalue weighted by atomic mass is 10.0. The van der Waals surface area contributed by atoms with Gasteiger partial charge in [0.25, 0.3) is 0 Å². The summed E-state index contributed by atoms with van der Waals surface area (Å²) in [5.41, 5.74) is 1.83. The number of aliphatic hydroxyl groups is 1. The maximum absolute atomic E-state index is 13.3. The van der Waals surface area contributed by atoms with Crippen molar-refractivity contribution in [3.63, 3.8) is 0 Å². The summed E-state index contributed by atoms with van der Waals surface area (Å²) < 4.78 is 30.5. The van der Waals surface area contributed by atoms with Crippen LogP contribution in [0.3, 0.4) is 0 Å². The minimum Gasteiger partial charge on any atom is -0.493 e. The van der Waals surface area contributed by atoms with Crippen LogP contribution in [0.25, 0.3) is 10.9 Å². The van der Waals surface area contributed by atoms with Crippen LogP contribution in [0.2, 0.25) is 5.02 Å². The molecule has 2 aromatic heterocycles. The van der Waals surface area contributed by atoms with Crippen molar-refractivity contribution >= 4 is 34.0 Å². The first-order chi connectivity index (χ1) is 19.3. The van der Waals surface area contributed by atoms with Gasteiger partial charge in [0.2, 0.25) is 0 Å². The summed E-state index contributed by atoms with van der Waals surface area (Å²) in [6.07, 6.45) is 6.06. The average molecular weight is 571 g/mol. The van der Waals surface area contributed by atoms with E-state index in [4.69, 9.17) is 30.9 Å². The minimum absolute atomic E-state index is 0.0284. The van der Waals surface area contributed by atoms with E-state index in [1.807, 2.05) is 12.1 Å². The predicted octanol–water partition coefficient (Wildman–Crippen LogP) is 5.06. The van der Waals surface area contributed by atoms with Crippen LogP contribution in [0.15, 0.2) is 49.1 Å². The standard InChI is InChI=1S/C28H32ClFN6O4/c1-28(2,7-9-37)35-8-4-10-39-25-13-23-20(12-24(25)38-3)26(34-17-33-23)36-19-14-31-27(32-15-19)40-16-18-5-6-22(30)21(29)11-18/h5-6,11-15,17,35,37H,4,7-10,16H2,1-3H3,(H,33,34,36). The van der Waals surface area contributed by atoms with Crippen molar-refractivity contribution in [2.45, 2.75) is 38.8 Å². The van der Waals surface area contributed by atoms with Gasteiger partial charge < -0.3 is 30.0 Å². The van der Waals surface area contributed by atoms with Crippen LogP contribution < -0.4 is 24.8 Å². The molecule has 0 saturated heterocycles. The molecular weight excluding hydrogens is 539 g/mol. The molecule has 0 aliphatic carbocycles. The number of methoxy groups -OCH3 is 1. The maximum Gasteiger partial charge on any atom is 0.316 e. The second-order valence-corrected chi connectivity index (χ2v) is 10.1. The normalized spacial score (nSPS) is 11.4. The van der Waals surface area contributed by atoms with Crippen LogP contribution in [0, 0.1) is 5.82 Å². The van der Waals surface area contributed by atoms with Gasteiger partial charge in [-0.2, -0.15) is 0 Å². The Kier molecular flexibility index (Phi) is 9.86. The van der Waals surface area contributed by atoms with E-state index in [-0.39, 0.29) is 29.8 Å². The summed E-state index contributed by atoms with van der Waals surface area (Å²) in [6, 6.07) is 8.17. The van der Waals surface area contributed by atoms with Gasteiger partial charge in [-0.25, -0.2) is 24.3 Å². The first-order valence-corrected chi connectivity index (χ1v) is 13.1. The highest BCUT2D eigenvalue weighted by Gasteiger charge is 2.16. The second-order valence-electron chi connectivity index (χ2n) is 9.65. The van der Waals surface area contributed by atoms with Crippen LogP contribution in [0.1, 0.15) is 32.3 Å². The topological polar surface area (TPSA) is 124 Å². The van der Waals surface area contributed by atoms with E-state index >= 15 is 0 Å². The summed E-state index contributed by atoms with van der Waals surface area (Å²) in [4.78, 5) is 17.2. The van der Waals surface area contributed by atoms with Crippen molar-refractivity contribution in [3.05, 3.63) is 65.5 Å². The van der Waals surface area contributed by atoms with Gasteiger partial charge in [-0.05, 0) is 57.0 Å². The van der Waals surface area contributed by atoms with E-state index in [1.165, 1.54) is 18.5 Å². The molecule has 0 amide bonds. The molecule has 3 N–H and O–H groups in total. The number of rotatable bonds is 14. The highest BCUT2D eigenvalue weighted by molar-refractivity contribution is 6.30. The van der Waals surface area contributed by atoms with Crippen molar-refractivity contribution in [2.75, 3.05) is 32.2 Å². The molecule has 212 valence electrons. The zero-order valence-corrected chi connectivity index (χ0v) is 23.3. The van der Waals surface area contributed by atoms with Gasteiger partial charge in [-0.1, -0.05) is 17.7 Å². The molecule has 0 atom stereocenters. The van der Waals surface area contributed by atoms with Gasteiger partial charge in [-0.3, -0.25) is 0 Å². The van der Waals surface area contributed by atoms with Crippen molar-refractivity contribution in [2.24, 2.45) is 0 Å². The van der Waals surface area contributed by atoms with Crippen molar-refractivity contribution in [1.29, 1.82) is 0 Å². The predicted molar refractivity (Wildman–Crippen MR) is 151 cm³/mol. The third kappa shape index (κ3) is 7.87. The van der Waals surface area contributed by atoms with Gasteiger partial charge in [0.1, 0.15) is 24.6 Å². The number of anilines is 2. The number of nitrogens with one attached hydrogen (secondary N) is 2. The molecule has 0 saturated carbocycles. The van der Waals surface area contributed by atoms with E-state index in [1.54, 1.807) is 25.6 Å². The molecule has 0 radical (unpaired) electrons. The van der Waals surface area contributed by atoms with Gasteiger partial charge in [0, 0.05) is 23.6 Å². The number of fused-ring (bicyclic) bond motifs is 1. The van der Waals surface area contributed by atoms with Crippen molar-refractivity contribution in [1.82, 2.24) is 25.3 Å². The first-order valence-electron chi connectivity index (χ1n) is 12.8. The summed E-state index contributed by atoms with van der Waals surface area (Å²) in [5, 5.41) is 16.5. The van der Waals surface area contributed by atoms with Crippen molar-refractivity contribution < 1.29 is 23.7 Å². The van der Waals surface area contributed by atoms with E-state index in [0.717, 1.165) is 18.4 Å². The number of halogens is 2. The summed E-state index contributed by atoms with van der Waals surface area (Å²) in [7, 11) is 1.58. The number of ether oxygens (including phenoxy) is 3.